The lowest BCUT2D eigenvalue weighted by Gasteiger charge is -2.13. The Morgan fingerprint density at radius 3 is 2.48 bits per heavy atom. The number of ether oxygens (including phenoxy) is 1. The highest BCUT2D eigenvalue weighted by Crippen LogP contribution is 2.20. The van der Waals surface area contributed by atoms with E-state index in [9.17, 15) is 5.11 Å². The molecule has 1 unspecified atom stereocenters. The molecular formula is C18H17ClN2O2. The van der Waals surface area contributed by atoms with Gasteiger partial charge in [-0.25, -0.2) is 4.98 Å². The highest BCUT2D eigenvalue weighted by Gasteiger charge is 2.08. The molecule has 0 amide bonds. The van der Waals surface area contributed by atoms with E-state index in [-0.39, 0.29) is 0 Å². The molecule has 0 spiro atoms. The molecule has 0 bridgehead atoms. The van der Waals surface area contributed by atoms with Gasteiger partial charge in [-0.2, -0.15) is 0 Å². The van der Waals surface area contributed by atoms with E-state index in [1.54, 1.807) is 12.5 Å². The maximum absolute atomic E-state index is 10.2. The minimum absolute atomic E-state index is 0.477. The van der Waals surface area contributed by atoms with E-state index in [0.29, 0.717) is 18.2 Å². The molecule has 2 aromatic carbocycles. The maximum Gasteiger partial charge on any atom is 0.119 e. The fraction of sp³-hybridized carbons (Fsp3) is 0.167. The minimum atomic E-state index is -0.575. The fourth-order valence-electron chi connectivity index (χ4n) is 2.23. The van der Waals surface area contributed by atoms with Gasteiger partial charge in [0.2, 0.25) is 0 Å². The van der Waals surface area contributed by atoms with Crippen LogP contribution in [0.5, 0.6) is 5.75 Å². The molecule has 0 saturated carbocycles. The van der Waals surface area contributed by atoms with Crippen molar-refractivity contribution in [2.75, 3.05) is 0 Å². The Morgan fingerprint density at radius 2 is 1.83 bits per heavy atom. The molecule has 1 aromatic heterocycles. The van der Waals surface area contributed by atoms with Crippen molar-refractivity contribution >= 4 is 11.6 Å². The molecule has 1 heterocycles. The molecule has 5 heteroatoms. The van der Waals surface area contributed by atoms with E-state index in [4.69, 9.17) is 16.3 Å². The molecule has 0 aliphatic carbocycles. The summed E-state index contributed by atoms with van der Waals surface area (Å²) in [6.45, 7) is 0.957. The van der Waals surface area contributed by atoms with Crippen molar-refractivity contribution in [1.82, 2.24) is 9.55 Å². The van der Waals surface area contributed by atoms with Gasteiger partial charge in [0.05, 0.1) is 19.0 Å². The lowest BCUT2D eigenvalue weighted by Crippen LogP contribution is -2.07. The Hall–Kier alpha value is -2.30. The van der Waals surface area contributed by atoms with Crippen LogP contribution >= 0.6 is 11.6 Å². The third-order valence-corrected chi connectivity index (χ3v) is 3.78. The van der Waals surface area contributed by atoms with E-state index in [0.717, 1.165) is 16.9 Å². The average Bonchev–Trinajstić information content (AvgIpc) is 3.08. The summed E-state index contributed by atoms with van der Waals surface area (Å²) >= 11 is 5.86. The first kappa shape index (κ1) is 15.6. The Bertz CT molecular complexity index is 725. The summed E-state index contributed by atoms with van der Waals surface area (Å²) < 4.78 is 7.58. The van der Waals surface area contributed by atoms with Crippen LogP contribution in [0.1, 0.15) is 17.2 Å². The molecular weight excluding hydrogens is 312 g/mol. The van der Waals surface area contributed by atoms with Crippen LogP contribution < -0.4 is 4.74 Å². The van der Waals surface area contributed by atoms with Crippen molar-refractivity contribution in [3.63, 3.8) is 0 Å². The lowest BCUT2D eigenvalue weighted by molar-refractivity contribution is 0.156. The molecule has 118 valence electrons. The van der Waals surface area contributed by atoms with Crippen LogP contribution in [0.2, 0.25) is 5.02 Å². The first-order chi connectivity index (χ1) is 11.2. The minimum Gasteiger partial charge on any atom is -0.489 e. The zero-order valence-electron chi connectivity index (χ0n) is 12.5. The zero-order valence-corrected chi connectivity index (χ0v) is 13.2. The van der Waals surface area contributed by atoms with Gasteiger partial charge in [-0.05, 0) is 35.4 Å². The second kappa shape index (κ2) is 7.31. The Labute approximate surface area is 139 Å². The Morgan fingerprint density at radius 1 is 1.09 bits per heavy atom. The monoisotopic (exact) mass is 328 g/mol. The number of hydrogen-bond acceptors (Lipinski definition) is 3. The smallest absolute Gasteiger partial charge is 0.119 e. The number of aromatic nitrogens is 2. The van der Waals surface area contributed by atoms with Gasteiger partial charge in [-0.3, -0.25) is 0 Å². The number of rotatable bonds is 6. The molecule has 0 aliphatic rings. The third-order valence-electron chi connectivity index (χ3n) is 3.53. The van der Waals surface area contributed by atoms with Crippen LogP contribution in [0, 0.1) is 0 Å². The van der Waals surface area contributed by atoms with Crippen molar-refractivity contribution in [3.8, 4) is 5.75 Å². The van der Waals surface area contributed by atoms with Gasteiger partial charge in [-0.15, -0.1) is 0 Å². The molecule has 3 rings (SSSR count). The topological polar surface area (TPSA) is 47.3 Å². The molecule has 3 aromatic rings. The van der Waals surface area contributed by atoms with Gasteiger partial charge in [0.15, 0.2) is 0 Å². The van der Waals surface area contributed by atoms with Gasteiger partial charge in [0, 0.05) is 17.4 Å². The lowest BCUT2D eigenvalue weighted by atomic mass is 10.1. The predicted molar refractivity (Wildman–Crippen MR) is 89.4 cm³/mol. The number of imidazole rings is 1. The van der Waals surface area contributed by atoms with E-state index >= 15 is 0 Å². The summed E-state index contributed by atoms with van der Waals surface area (Å²) in [5.74, 6) is 0.763. The van der Waals surface area contributed by atoms with Gasteiger partial charge < -0.3 is 14.4 Å². The van der Waals surface area contributed by atoms with Crippen LogP contribution in [0.4, 0.5) is 0 Å². The first-order valence-corrected chi connectivity index (χ1v) is 7.69. The second-order valence-electron chi connectivity index (χ2n) is 5.26. The number of aliphatic hydroxyl groups is 1. The first-order valence-electron chi connectivity index (χ1n) is 7.32. The zero-order chi connectivity index (χ0) is 16.1. The Kier molecular flexibility index (Phi) is 4.95. The van der Waals surface area contributed by atoms with Crippen LogP contribution in [-0.2, 0) is 13.2 Å². The number of benzene rings is 2. The molecule has 0 aliphatic heterocycles. The molecule has 1 N–H and O–H groups in total. The fourth-order valence-corrected chi connectivity index (χ4v) is 2.36. The highest BCUT2D eigenvalue weighted by atomic mass is 35.5. The summed E-state index contributed by atoms with van der Waals surface area (Å²) in [7, 11) is 0. The molecule has 23 heavy (non-hydrogen) atoms. The number of halogens is 1. The number of aliphatic hydroxyl groups excluding tert-OH is 1. The van der Waals surface area contributed by atoms with Gasteiger partial charge in [-0.1, -0.05) is 35.9 Å². The summed E-state index contributed by atoms with van der Waals surface area (Å²) in [6, 6.07) is 15.0. The molecule has 0 fully saturated rings. The van der Waals surface area contributed by atoms with Gasteiger partial charge in [0.25, 0.3) is 0 Å². The standard InChI is InChI=1S/C18H17ClN2O2/c19-16-5-1-14(2-6-16)12-23-17-7-3-15(4-8-17)18(22)11-21-10-9-20-13-21/h1-10,13,18,22H,11-12H2. The van der Waals surface area contributed by atoms with Crippen LogP contribution in [0.15, 0.2) is 67.3 Å². The predicted octanol–water partition coefficient (Wildman–Crippen LogP) is 3.85. The van der Waals surface area contributed by atoms with Crippen molar-refractivity contribution < 1.29 is 9.84 Å². The normalized spacial score (nSPS) is 12.1. The van der Waals surface area contributed by atoms with E-state index in [1.807, 2.05) is 59.3 Å². The van der Waals surface area contributed by atoms with Crippen LogP contribution in [0.3, 0.4) is 0 Å². The van der Waals surface area contributed by atoms with Crippen molar-refractivity contribution in [1.29, 1.82) is 0 Å². The quantitative estimate of drug-likeness (QED) is 0.747. The van der Waals surface area contributed by atoms with Crippen molar-refractivity contribution in [3.05, 3.63) is 83.4 Å². The average molecular weight is 329 g/mol. The number of nitrogens with zero attached hydrogens (tertiary/aromatic N) is 2. The molecule has 0 saturated heterocycles. The van der Waals surface area contributed by atoms with Gasteiger partial charge in [0.1, 0.15) is 12.4 Å². The summed E-state index contributed by atoms with van der Waals surface area (Å²) in [6.07, 6.45) is 4.63. The van der Waals surface area contributed by atoms with Crippen LogP contribution in [-0.4, -0.2) is 14.7 Å². The van der Waals surface area contributed by atoms with Crippen molar-refractivity contribution in [2.45, 2.75) is 19.3 Å². The van der Waals surface area contributed by atoms with Gasteiger partial charge >= 0.3 is 0 Å². The molecule has 0 radical (unpaired) electrons. The SMILES string of the molecule is OC(Cn1ccnc1)c1ccc(OCc2ccc(Cl)cc2)cc1. The van der Waals surface area contributed by atoms with E-state index in [1.165, 1.54) is 0 Å². The summed E-state index contributed by atoms with van der Waals surface area (Å²) in [5, 5.41) is 10.9. The van der Waals surface area contributed by atoms with Crippen LogP contribution in [0.25, 0.3) is 0 Å². The maximum atomic E-state index is 10.2. The van der Waals surface area contributed by atoms with E-state index in [2.05, 4.69) is 4.98 Å². The van der Waals surface area contributed by atoms with E-state index < -0.39 is 6.10 Å². The second-order valence-corrected chi connectivity index (χ2v) is 5.70. The molecule has 4 nitrogen and oxygen atoms in total. The summed E-state index contributed by atoms with van der Waals surface area (Å²) in [4.78, 5) is 3.97. The molecule has 1 atom stereocenters. The number of hydrogen-bond donors (Lipinski definition) is 1. The Balaban J connectivity index is 1.57. The summed E-state index contributed by atoms with van der Waals surface area (Å²) in [5.41, 5.74) is 1.90. The third kappa shape index (κ3) is 4.34. The largest absolute Gasteiger partial charge is 0.489 e. The van der Waals surface area contributed by atoms with Crippen molar-refractivity contribution in [2.24, 2.45) is 0 Å². The highest BCUT2D eigenvalue weighted by molar-refractivity contribution is 6.30.